The molecular weight excluding hydrogens is 192 g/mol. The molecule has 0 radical (unpaired) electrons. The highest BCUT2D eigenvalue weighted by molar-refractivity contribution is 4.88. The van der Waals surface area contributed by atoms with Crippen molar-refractivity contribution in [2.75, 3.05) is 59.1 Å². The Hall–Kier alpha value is -0.600. The smallest absolute Gasteiger partial charge is 0.0600 e. The van der Waals surface area contributed by atoms with Gasteiger partial charge in [0.25, 0.3) is 0 Å². The summed E-state index contributed by atoms with van der Waals surface area (Å²) in [7, 11) is 0. The summed E-state index contributed by atoms with van der Waals surface area (Å²) < 4.78 is 5.27. The third-order valence-corrected chi connectivity index (χ3v) is 2.57. The summed E-state index contributed by atoms with van der Waals surface area (Å²) in [5.41, 5.74) is 0. The lowest BCUT2D eigenvalue weighted by Gasteiger charge is -2.29. The molecule has 0 spiro atoms. The van der Waals surface area contributed by atoms with E-state index in [1.165, 1.54) is 0 Å². The molecule has 1 N–H and O–H groups in total. The fourth-order valence-corrected chi connectivity index (χ4v) is 1.65. The minimum absolute atomic E-state index is 0.171. The Labute approximate surface area is 91.8 Å². The maximum Gasteiger partial charge on any atom is 0.0600 e. The predicted molar refractivity (Wildman–Crippen MR) is 59.6 cm³/mol. The Balaban J connectivity index is 2.16. The summed E-state index contributed by atoms with van der Waals surface area (Å²) in [6, 6.07) is 0. The van der Waals surface area contributed by atoms with Crippen LogP contribution in [0, 0.1) is 12.3 Å². The summed E-state index contributed by atoms with van der Waals surface area (Å²) in [4.78, 5) is 4.46. The minimum Gasteiger partial charge on any atom is -0.395 e. The van der Waals surface area contributed by atoms with Crippen LogP contribution in [-0.4, -0.2) is 74.0 Å². The van der Waals surface area contributed by atoms with Crippen molar-refractivity contribution in [3.05, 3.63) is 0 Å². The quantitative estimate of drug-likeness (QED) is 0.588. The number of hydrogen-bond acceptors (Lipinski definition) is 4. The van der Waals surface area contributed by atoms with Gasteiger partial charge in [-0.25, -0.2) is 0 Å². The van der Waals surface area contributed by atoms with Gasteiger partial charge in [0.15, 0.2) is 0 Å². The molecule has 0 aromatic heterocycles. The second kappa shape index (κ2) is 7.66. The van der Waals surface area contributed by atoms with Crippen molar-refractivity contribution in [3.8, 4) is 12.3 Å². The van der Waals surface area contributed by atoms with E-state index in [4.69, 9.17) is 16.3 Å². The van der Waals surface area contributed by atoms with Gasteiger partial charge in [-0.05, 0) is 0 Å². The molecule has 1 fully saturated rings. The van der Waals surface area contributed by atoms with Crippen LogP contribution in [-0.2, 0) is 4.74 Å². The summed E-state index contributed by atoms with van der Waals surface area (Å²) in [6.07, 6.45) is 5.26. The fraction of sp³-hybridized carbons (Fsp3) is 0.818. The summed E-state index contributed by atoms with van der Waals surface area (Å²) in [6.45, 7) is 7.04. The van der Waals surface area contributed by atoms with E-state index in [-0.39, 0.29) is 6.61 Å². The lowest BCUT2D eigenvalue weighted by atomic mass is 10.4. The zero-order valence-electron chi connectivity index (χ0n) is 9.19. The van der Waals surface area contributed by atoms with E-state index < -0.39 is 0 Å². The van der Waals surface area contributed by atoms with E-state index in [2.05, 4.69) is 15.7 Å². The third-order valence-electron chi connectivity index (χ3n) is 2.57. The van der Waals surface area contributed by atoms with Crippen LogP contribution in [0.1, 0.15) is 0 Å². The summed E-state index contributed by atoms with van der Waals surface area (Å²) in [5.74, 6) is 2.61. The second-order valence-electron chi connectivity index (χ2n) is 3.66. The zero-order valence-corrected chi connectivity index (χ0v) is 9.19. The molecular formula is C11H20N2O2. The van der Waals surface area contributed by atoms with Gasteiger partial charge in [-0.1, -0.05) is 5.92 Å². The van der Waals surface area contributed by atoms with Gasteiger partial charge in [0.1, 0.15) is 0 Å². The van der Waals surface area contributed by atoms with Gasteiger partial charge >= 0.3 is 0 Å². The van der Waals surface area contributed by atoms with Crippen LogP contribution in [0.2, 0.25) is 0 Å². The van der Waals surface area contributed by atoms with E-state index in [0.29, 0.717) is 13.1 Å². The Morgan fingerprint density at radius 1 is 1.33 bits per heavy atom. The van der Waals surface area contributed by atoms with Crippen LogP contribution in [0.25, 0.3) is 0 Å². The number of aliphatic hydroxyl groups excluding tert-OH is 1. The molecule has 0 atom stereocenters. The summed E-state index contributed by atoms with van der Waals surface area (Å²) >= 11 is 0. The lowest BCUT2D eigenvalue weighted by Crippen LogP contribution is -2.42. The van der Waals surface area contributed by atoms with Gasteiger partial charge in [0, 0.05) is 32.7 Å². The molecule has 86 valence electrons. The van der Waals surface area contributed by atoms with E-state index in [0.717, 1.165) is 39.4 Å². The molecule has 0 aliphatic carbocycles. The van der Waals surface area contributed by atoms with Gasteiger partial charge in [0.2, 0.25) is 0 Å². The molecule has 1 saturated heterocycles. The molecule has 15 heavy (non-hydrogen) atoms. The fourth-order valence-electron chi connectivity index (χ4n) is 1.65. The number of hydrogen-bond donors (Lipinski definition) is 1. The third kappa shape index (κ3) is 5.14. The Kier molecular flexibility index (Phi) is 6.37. The number of ether oxygens (including phenoxy) is 1. The SMILES string of the molecule is C#CCN(CCO)CCN1CCOCC1. The predicted octanol–water partition coefficient (Wildman–Crippen LogP) is -0.754. The normalized spacial score (nSPS) is 17.9. The van der Waals surface area contributed by atoms with Crippen molar-refractivity contribution < 1.29 is 9.84 Å². The monoisotopic (exact) mass is 212 g/mol. The number of nitrogens with zero attached hydrogens (tertiary/aromatic N) is 2. The van der Waals surface area contributed by atoms with Gasteiger partial charge in [-0.15, -0.1) is 6.42 Å². The maximum atomic E-state index is 8.86. The zero-order chi connectivity index (χ0) is 10.9. The van der Waals surface area contributed by atoms with Crippen molar-refractivity contribution in [2.45, 2.75) is 0 Å². The van der Waals surface area contributed by atoms with Crippen molar-refractivity contribution in [1.82, 2.24) is 9.80 Å². The van der Waals surface area contributed by atoms with Crippen LogP contribution >= 0.6 is 0 Å². The number of terminal acetylenes is 1. The van der Waals surface area contributed by atoms with E-state index in [9.17, 15) is 0 Å². The van der Waals surface area contributed by atoms with Crippen LogP contribution in [0.4, 0.5) is 0 Å². The molecule has 1 aliphatic rings. The first-order valence-corrected chi connectivity index (χ1v) is 5.43. The average Bonchev–Trinajstić information content (AvgIpc) is 2.28. The second-order valence-corrected chi connectivity index (χ2v) is 3.66. The van der Waals surface area contributed by atoms with Crippen LogP contribution in [0.5, 0.6) is 0 Å². The Bertz CT molecular complexity index is 197. The van der Waals surface area contributed by atoms with Gasteiger partial charge in [0.05, 0.1) is 26.4 Å². The van der Waals surface area contributed by atoms with Crippen LogP contribution in [0.15, 0.2) is 0 Å². The minimum atomic E-state index is 0.171. The molecule has 0 saturated carbocycles. The molecule has 0 bridgehead atoms. The molecule has 1 aliphatic heterocycles. The van der Waals surface area contributed by atoms with Gasteiger partial charge in [-0.3, -0.25) is 9.80 Å². The van der Waals surface area contributed by atoms with Gasteiger partial charge in [-0.2, -0.15) is 0 Å². The standard InChI is InChI=1S/C11H20N2O2/c1-2-3-12(6-9-14)4-5-13-7-10-15-11-8-13/h1,14H,3-11H2. The molecule has 4 heteroatoms. The van der Waals surface area contributed by atoms with Crippen molar-refractivity contribution in [1.29, 1.82) is 0 Å². The highest BCUT2D eigenvalue weighted by Crippen LogP contribution is 1.97. The van der Waals surface area contributed by atoms with E-state index in [1.807, 2.05) is 0 Å². The lowest BCUT2D eigenvalue weighted by molar-refractivity contribution is 0.0332. The molecule has 1 rings (SSSR count). The van der Waals surface area contributed by atoms with Crippen molar-refractivity contribution in [2.24, 2.45) is 0 Å². The first-order chi connectivity index (χ1) is 7.36. The molecule has 0 aromatic rings. The molecule has 4 nitrogen and oxygen atoms in total. The van der Waals surface area contributed by atoms with Crippen LogP contribution in [0.3, 0.4) is 0 Å². The average molecular weight is 212 g/mol. The molecule has 0 aromatic carbocycles. The Morgan fingerprint density at radius 2 is 2.07 bits per heavy atom. The van der Waals surface area contributed by atoms with Gasteiger partial charge < -0.3 is 9.84 Å². The van der Waals surface area contributed by atoms with E-state index >= 15 is 0 Å². The maximum absolute atomic E-state index is 8.86. The van der Waals surface area contributed by atoms with Crippen molar-refractivity contribution in [3.63, 3.8) is 0 Å². The molecule has 0 unspecified atom stereocenters. The topological polar surface area (TPSA) is 35.9 Å². The molecule has 0 amide bonds. The van der Waals surface area contributed by atoms with Crippen LogP contribution < -0.4 is 0 Å². The molecule has 1 heterocycles. The van der Waals surface area contributed by atoms with Crippen molar-refractivity contribution >= 4 is 0 Å². The van der Waals surface area contributed by atoms with E-state index in [1.54, 1.807) is 0 Å². The highest BCUT2D eigenvalue weighted by Gasteiger charge is 2.11. The first-order valence-electron chi connectivity index (χ1n) is 5.43. The number of rotatable bonds is 6. The highest BCUT2D eigenvalue weighted by atomic mass is 16.5. The number of aliphatic hydroxyl groups is 1. The number of morpholine rings is 1. The Morgan fingerprint density at radius 3 is 2.67 bits per heavy atom. The first kappa shape index (κ1) is 12.5. The largest absolute Gasteiger partial charge is 0.395 e. The summed E-state index contributed by atoms with van der Waals surface area (Å²) in [5, 5.41) is 8.86.